The first-order valence-electron chi connectivity index (χ1n) is 6.05. The largest absolute Gasteiger partial charge is 0.507 e. The Kier molecular flexibility index (Phi) is 5.19. The first kappa shape index (κ1) is 15.6. The molecule has 0 heterocycles. The lowest BCUT2D eigenvalue weighted by Crippen LogP contribution is -2.42. The quantitative estimate of drug-likeness (QED) is 0.323. The monoisotopic (exact) mass is 281 g/mol. The second-order valence-electron chi connectivity index (χ2n) is 4.50. The van der Waals surface area contributed by atoms with Crippen molar-refractivity contribution in [1.82, 2.24) is 4.90 Å². The highest BCUT2D eigenvalue weighted by molar-refractivity contribution is 5.99. The maximum Gasteiger partial charge on any atom is 0.258 e. The number of carbonyl (C=O) groups is 1. The van der Waals surface area contributed by atoms with Crippen molar-refractivity contribution >= 4 is 11.7 Å². The topological polar surface area (TPSA) is 108 Å². The van der Waals surface area contributed by atoms with E-state index in [9.17, 15) is 9.90 Å². The van der Waals surface area contributed by atoms with Crippen molar-refractivity contribution in [3.05, 3.63) is 23.8 Å². The van der Waals surface area contributed by atoms with Gasteiger partial charge in [-0.1, -0.05) is 5.16 Å². The average Bonchev–Trinajstić information content (AvgIpc) is 2.43. The molecule has 1 amide bonds. The third-order valence-corrected chi connectivity index (χ3v) is 2.78. The van der Waals surface area contributed by atoms with Crippen molar-refractivity contribution in [2.45, 2.75) is 19.9 Å². The Labute approximate surface area is 117 Å². The number of ether oxygens (including phenoxy) is 1. The number of amides is 1. The minimum Gasteiger partial charge on any atom is -0.507 e. The third-order valence-electron chi connectivity index (χ3n) is 2.78. The molecule has 0 bridgehead atoms. The second-order valence-corrected chi connectivity index (χ2v) is 4.50. The number of rotatable bonds is 5. The molecular formula is C13H19N3O4. The number of nitrogens with two attached hydrogens (primary N) is 1. The molecule has 0 fully saturated rings. The van der Waals surface area contributed by atoms with E-state index in [1.807, 2.05) is 0 Å². The average molecular weight is 281 g/mol. The van der Waals surface area contributed by atoms with Gasteiger partial charge in [-0.2, -0.15) is 0 Å². The number of benzene rings is 1. The molecule has 0 radical (unpaired) electrons. The smallest absolute Gasteiger partial charge is 0.258 e. The third kappa shape index (κ3) is 3.53. The van der Waals surface area contributed by atoms with Crippen LogP contribution in [0.3, 0.4) is 0 Å². The first-order chi connectivity index (χ1) is 9.40. The Bertz CT molecular complexity index is 514. The lowest BCUT2D eigenvalue weighted by atomic mass is 10.1. The van der Waals surface area contributed by atoms with Gasteiger partial charge >= 0.3 is 0 Å². The fourth-order valence-electron chi connectivity index (χ4n) is 1.67. The zero-order valence-electron chi connectivity index (χ0n) is 11.7. The van der Waals surface area contributed by atoms with Crippen LogP contribution in [-0.4, -0.2) is 46.7 Å². The molecule has 1 aromatic carbocycles. The van der Waals surface area contributed by atoms with E-state index >= 15 is 0 Å². The highest BCUT2D eigenvalue weighted by atomic mass is 16.5. The van der Waals surface area contributed by atoms with Gasteiger partial charge in [-0.15, -0.1) is 0 Å². The van der Waals surface area contributed by atoms with E-state index in [0.717, 1.165) is 0 Å². The van der Waals surface area contributed by atoms with Crippen LogP contribution in [-0.2, 0) is 0 Å². The summed E-state index contributed by atoms with van der Waals surface area (Å²) in [6, 6.07) is 4.23. The van der Waals surface area contributed by atoms with E-state index in [4.69, 9.17) is 15.7 Å². The van der Waals surface area contributed by atoms with Gasteiger partial charge in [0, 0.05) is 12.1 Å². The molecule has 0 aliphatic heterocycles. The molecule has 0 spiro atoms. The number of hydrogen-bond donors (Lipinski definition) is 3. The Balaban J connectivity index is 3.06. The number of aromatic hydroxyl groups is 1. The number of oxime groups is 1. The number of phenolic OH excluding ortho intramolecular Hbond substituents is 1. The standard InChI is InChI=1S/C13H19N3O4/c1-8(2)16(7-12(14)15-19)13(18)10-5-4-9(20-3)6-11(10)17/h4-6,8,17,19H,7H2,1-3H3,(H2,14,15). The van der Waals surface area contributed by atoms with Crippen LogP contribution in [0.4, 0.5) is 0 Å². The van der Waals surface area contributed by atoms with Gasteiger partial charge in [0.15, 0.2) is 5.84 Å². The summed E-state index contributed by atoms with van der Waals surface area (Å²) in [4.78, 5) is 13.8. The summed E-state index contributed by atoms with van der Waals surface area (Å²) in [6.07, 6.45) is 0. The molecule has 7 nitrogen and oxygen atoms in total. The maximum atomic E-state index is 12.4. The molecule has 0 aliphatic carbocycles. The van der Waals surface area contributed by atoms with Gasteiger partial charge in [-0.05, 0) is 26.0 Å². The summed E-state index contributed by atoms with van der Waals surface area (Å²) >= 11 is 0. The van der Waals surface area contributed by atoms with Gasteiger partial charge < -0.3 is 25.7 Å². The van der Waals surface area contributed by atoms with Crippen molar-refractivity contribution < 1.29 is 19.8 Å². The zero-order chi connectivity index (χ0) is 15.3. The summed E-state index contributed by atoms with van der Waals surface area (Å²) in [6.45, 7) is 3.56. The van der Waals surface area contributed by atoms with Crippen molar-refractivity contribution in [3.63, 3.8) is 0 Å². The Hall–Kier alpha value is -2.44. The molecule has 0 unspecified atom stereocenters. The molecule has 1 rings (SSSR count). The normalized spacial score (nSPS) is 11.5. The molecule has 0 saturated carbocycles. The fourth-order valence-corrected chi connectivity index (χ4v) is 1.67. The number of phenols is 1. The number of carbonyl (C=O) groups excluding carboxylic acids is 1. The minimum absolute atomic E-state index is 0.0293. The summed E-state index contributed by atoms with van der Waals surface area (Å²) < 4.78 is 4.96. The van der Waals surface area contributed by atoms with Crippen LogP contribution in [0, 0.1) is 0 Å². The summed E-state index contributed by atoms with van der Waals surface area (Å²) in [5, 5.41) is 21.3. The van der Waals surface area contributed by atoms with Crippen LogP contribution in [0.5, 0.6) is 11.5 Å². The van der Waals surface area contributed by atoms with Gasteiger partial charge in [0.1, 0.15) is 11.5 Å². The Morgan fingerprint density at radius 2 is 2.15 bits per heavy atom. The zero-order valence-corrected chi connectivity index (χ0v) is 11.7. The highest BCUT2D eigenvalue weighted by Crippen LogP contribution is 2.25. The van der Waals surface area contributed by atoms with Crippen LogP contribution in [0.25, 0.3) is 0 Å². The first-order valence-corrected chi connectivity index (χ1v) is 6.05. The summed E-state index contributed by atoms with van der Waals surface area (Å²) in [5.41, 5.74) is 5.56. The predicted octanol–water partition coefficient (Wildman–Crippen LogP) is 0.998. The van der Waals surface area contributed by atoms with Gasteiger partial charge in [0.2, 0.25) is 0 Å². The second kappa shape index (κ2) is 6.65. The fraction of sp³-hybridized carbons (Fsp3) is 0.385. The molecule has 0 aromatic heterocycles. The Morgan fingerprint density at radius 1 is 1.50 bits per heavy atom. The van der Waals surface area contributed by atoms with Crippen molar-refractivity contribution in [2.75, 3.05) is 13.7 Å². The van der Waals surface area contributed by atoms with E-state index in [1.165, 1.54) is 24.1 Å². The van der Waals surface area contributed by atoms with Crippen molar-refractivity contribution in [3.8, 4) is 11.5 Å². The molecule has 20 heavy (non-hydrogen) atoms. The predicted molar refractivity (Wildman–Crippen MR) is 74.2 cm³/mol. The summed E-state index contributed by atoms with van der Waals surface area (Å²) in [5.74, 6) is -0.224. The van der Waals surface area contributed by atoms with Crippen molar-refractivity contribution in [2.24, 2.45) is 10.9 Å². The van der Waals surface area contributed by atoms with Crippen LogP contribution in [0.15, 0.2) is 23.4 Å². The van der Waals surface area contributed by atoms with Crippen LogP contribution >= 0.6 is 0 Å². The molecular weight excluding hydrogens is 262 g/mol. The van der Waals surface area contributed by atoms with E-state index in [0.29, 0.717) is 5.75 Å². The van der Waals surface area contributed by atoms with Gasteiger partial charge in [0.25, 0.3) is 5.91 Å². The molecule has 7 heteroatoms. The summed E-state index contributed by atoms with van der Waals surface area (Å²) in [7, 11) is 1.47. The molecule has 4 N–H and O–H groups in total. The van der Waals surface area contributed by atoms with Gasteiger partial charge in [-0.3, -0.25) is 4.79 Å². The van der Waals surface area contributed by atoms with Crippen LogP contribution in [0.1, 0.15) is 24.2 Å². The van der Waals surface area contributed by atoms with E-state index < -0.39 is 5.91 Å². The maximum absolute atomic E-state index is 12.4. The lowest BCUT2D eigenvalue weighted by Gasteiger charge is -2.26. The van der Waals surface area contributed by atoms with E-state index in [-0.39, 0.29) is 29.7 Å². The number of hydrogen-bond acceptors (Lipinski definition) is 5. The molecule has 110 valence electrons. The van der Waals surface area contributed by atoms with Crippen LogP contribution in [0.2, 0.25) is 0 Å². The minimum atomic E-state index is -0.410. The van der Waals surface area contributed by atoms with Crippen LogP contribution < -0.4 is 10.5 Å². The molecule has 0 atom stereocenters. The van der Waals surface area contributed by atoms with E-state index in [2.05, 4.69) is 5.16 Å². The molecule has 0 saturated heterocycles. The lowest BCUT2D eigenvalue weighted by molar-refractivity contribution is 0.0731. The molecule has 1 aromatic rings. The van der Waals surface area contributed by atoms with Gasteiger partial charge in [-0.25, -0.2) is 0 Å². The van der Waals surface area contributed by atoms with E-state index in [1.54, 1.807) is 19.9 Å². The number of nitrogens with zero attached hydrogens (tertiary/aromatic N) is 2. The van der Waals surface area contributed by atoms with Crippen molar-refractivity contribution in [1.29, 1.82) is 0 Å². The Morgan fingerprint density at radius 3 is 2.60 bits per heavy atom. The highest BCUT2D eigenvalue weighted by Gasteiger charge is 2.22. The molecule has 0 aliphatic rings. The number of methoxy groups -OCH3 is 1. The van der Waals surface area contributed by atoms with Gasteiger partial charge in [0.05, 0.1) is 19.2 Å². The SMILES string of the molecule is COc1ccc(C(=O)N(CC(N)=NO)C(C)C)c(O)c1. The number of amidine groups is 1.